The maximum atomic E-state index is 11.7. The van der Waals surface area contributed by atoms with Gasteiger partial charge in [0.2, 0.25) is 0 Å². The Kier molecular flexibility index (Phi) is 10.4. The van der Waals surface area contributed by atoms with E-state index in [1.54, 1.807) is 0 Å². The third-order valence-corrected chi connectivity index (χ3v) is 2.82. The first-order valence-electron chi connectivity index (χ1n) is 7.08. The number of carbonyl (C=O) groups excluding carboxylic acids is 1. The SMILES string of the molecule is CCCCCCCCCCCNC(=O)NC(F)(F)F. The van der Waals surface area contributed by atoms with E-state index in [1.165, 1.54) is 38.5 Å². The summed E-state index contributed by atoms with van der Waals surface area (Å²) in [5.74, 6) is 0. The van der Waals surface area contributed by atoms with Gasteiger partial charge in [0.15, 0.2) is 0 Å². The van der Waals surface area contributed by atoms with Crippen molar-refractivity contribution in [2.45, 2.75) is 71.0 Å². The van der Waals surface area contributed by atoms with Gasteiger partial charge in [-0.3, -0.25) is 0 Å². The van der Waals surface area contributed by atoms with Gasteiger partial charge in [-0.05, 0) is 6.42 Å². The number of unbranched alkanes of at least 4 members (excludes halogenated alkanes) is 8. The molecule has 2 N–H and O–H groups in total. The second kappa shape index (κ2) is 10.9. The van der Waals surface area contributed by atoms with Crippen LogP contribution in [0.4, 0.5) is 18.0 Å². The van der Waals surface area contributed by atoms with Crippen LogP contribution in [0, 0.1) is 0 Å². The number of rotatable bonds is 10. The molecule has 0 spiro atoms. The summed E-state index contributed by atoms with van der Waals surface area (Å²) < 4.78 is 35.2. The van der Waals surface area contributed by atoms with Gasteiger partial charge in [0.1, 0.15) is 0 Å². The summed E-state index contributed by atoms with van der Waals surface area (Å²) >= 11 is 0. The van der Waals surface area contributed by atoms with Crippen molar-refractivity contribution < 1.29 is 18.0 Å². The second-order valence-electron chi connectivity index (χ2n) is 4.71. The predicted octanol–water partition coefficient (Wildman–Crippen LogP) is 4.34. The summed E-state index contributed by atoms with van der Waals surface area (Å²) in [6.07, 6.45) is 5.57. The molecule has 0 aromatic heterocycles. The maximum absolute atomic E-state index is 11.7. The van der Waals surface area contributed by atoms with E-state index in [2.05, 4.69) is 12.2 Å². The van der Waals surface area contributed by atoms with E-state index in [9.17, 15) is 18.0 Å². The summed E-state index contributed by atoms with van der Waals surface area (Å²) in [7, 11) is 0. The number of amides is 2. The molecule has 0 unspecified atom stereocenters. The molecule has 0 saturated carbocycles. The fraction of sp³-hybridized carbons (Fsp3) is 0.923. The Bertz CT molecular complexity index is 232. The number of halogens is 3. The first-order chi connectivity index (χ1) is 8.95. The summed E-state index contributed by atoms with van der Waals surface area (Å²) in [5.41, 5.74) is 0. The molecular weight excluding hydrogens is 257 g/mol. The van der Waals surface area contributed by atoms with Crippen LogP contribution in [-0.4, -0.2) is 18.9 Å². The smallest absolute Gasteiger partial charge is 0.338 e. The van der Waals surface area contributed by atoms with E-state index in [-0.39, 0.29) is 6.54 Å². The maximum Gasteiger partial charge on any atom is 0.485 e. The average molecular weight is 282 g/mol. The van der Waals surface area contributed by atoms with Gasteiger partial charge in [-0.1, -0.05) is 58.3 Å². The highest BCUT2D eigenvalue weighted by atomic mass is 19.4. The van der Waals surface area contributed by atoms with Gasteiger partial charge in [-0.15, -0.1) is 0 Å². The first-order valence-corrected chi connectivity index (χ1v) is 7.08. The number of urea groups is 1. The van der Waals surface area contributed by atoms with E-state index in [0.717, 1.165) is 24.6 Å². The van der Waals surface area contributed by atoms with Crippen LogP contribution >= 0.6 is 0 Å². The van der Waals surface area contributed by atoms with Crippen LogP contribution in [0.3, 0.4) is 0 Å². The van der Waals surface area contributed by atoms with Gasteiger partial charge in [-0.2, -0.15) is 13.2 Å². The minimum atomic E-state index is -4.65. The van der Waals surface area contributed by atoms with Crippen molar-refractivity contribution in [2.24, 2.45) is 0 Å². The molecule has 0 fully saturated rings. The van der Waals surface area contributed by atoms with E-state index < -0.39 is 12.3 Å². The molecule has 0 saturated heterocycles. The molecule has 0 heterocycles. The zero-order valence-electron chi connectivity index (χ0n) is 11.6. The Balaban J connectivity index is 3.21. The first kappa shape index (κ1) is 18.1. The molecule has 0 aromatic rings. The Morgan fingerprint density at radius 2 is 1.37 bits per heavy atom. The highest BCUT2D eigenvalue weighted by molar-refractivity contribution is 5.74. The van der Waals surface area contributed by atoms with Crippen LogP contribution in [-0.2, 0) is 0 Å². The van der Waals surface area contributed by atoms with Gasteiger partial charge >= 0.3 is 12.3 Å². The lowest BCUT2D eigenvalue weighted by Gasteiger charge is -2.09. The molecule has 0 radical (unpaired) electrons. The second-order valence-corrected chi connectivity index (χ2v) is 4.71. The quantitative estimate of drug-likeness (QED) is 0.454. The highest BCUT2D eigenvalue weighted by Crippen LogP contribution is 2.10. The molecule has 0 aliphatic carbocycles. The number of hydrogen-bond acceptors (Lipinski definition) is 1. The van der Waals surface area contributed by atoms with E-state index in [1.807, 2.05) is 0 Å². The summed E-state index contributed by atoms with van der Waals surface area (Å²) in [4.78, 5) is 10.8. The van der Waals surface area contributed by atoms with Crippen LogP contribution < -0.4 is 10.6 Å². The molecular formula is C13H25F3N2O. The third-order valence-electron chi connectivity index (χ3n) is 2.82. The van der Waals surface area contributed by atoms with Crippen molar-refractivity contribution in [1.29, 1.82) is 0 Å². The van der Waals surface area contributed by atoms with Crippen molar-refractivity contribution in [3.63, 3.8) is 0 Å². The zero-order chi connectivity index (χ0) is 14.6. The molecule has 0 rings (SSSR count). The Morgan fingerprint density at radius 1 is 0.895 bits per heavy atom. The van der Waals surface area contributed by atoms with Gasteiger partial charge in [0, 0.05) is 6.54 Å². The zero-order valence-corrected chi connectivity index (χ0v) is 11.6. The molecule has 19 heavy (non-hydrogen) atoms. The molecule has 3 nitrogen and oxygen atoms in total. The van der Waals surface area contributed by atoms with Crippen molar-refractivity contribution in [1.82, 2.24) is 10.6 Å². The van der Waals surface area contributed by atoms with Crippen molar-refractivity contribution in [2.75, 3.05) is 6.54 Å². The topological polar surface area (TPSA) is 41.1 Å². The third kappa shape index (κ3) is 15.0. The van der Waals surface area contributed by atoms with Crippen LogP contribution in [0.15, 0.2) is 0 Å². The highest BCUT2D eigenvalue weighted by Gasteiger charge is 2.29. The van der Waals surface area contributed by atoms with Crippen LogP contribution in [0.25, 0.3) is 0 Å². The summed E-state index contributed by atoms with van der Waals surface area (Å²) in [6.45, 7) is 2.47. The largest absolute Gasteiger partial charge is 0.485 e. The van der Waals surface area contributed by atoms with Gasteiger partial charge in [-0.25, -0.2) is 10.1 Å². The molecule has 0 aliphatic heterocycles. The van der Waals surface area contributed by atoms with E-state index in [0.29, 0.717) is 0 Å². The van der Waals surface area contributed by atoms with E-state index in [4.69, 9.17) is 0 Å². The Labute approximate surface area is 113 Å². The summed E-state index contributed by atoms with van der Waals surface area (Å²) in [6, 6.07) is -1.17. The standard InChI is InChI=1S/C13H25F3N2O/c1-2-3-4-5-6-7-8-9-10-11-17-12(19)18-13(14,15)16/h2-11H2,1H3,(H2,17,18,19). The van der Waals surface area contributed by atoms with Gasteiger partial charge < -0.3 is 5.32 Å². The number of carbonyl (C=O) groups is 1. The predicted molar refractivity (Wildman–Crippen MR) is 69.8 cm³/mol. The average Bonchev–Trinajstić information content (AvgIpc) is 2.29. The molecule has 6 heteroatoms. The number of nitrogens with one attached hydrogen (secondary N) is 2. The number of hydrogen-bond donors (Lipinski definition) is 2. The van der Waals surface area contributed by atoms with Crippen molar-refractivity contribution in [3.05, 3.63) is 0 Å². The molecule has 2 amide bonds. The van der Waals surface area contributed by atoms with Crippen LogP contribution in [0.5, 0.6) is 0 Å². The lowest BCUT2D eigenvalue weighted by Crippen LogP contribution is -2.44. The van der Waals surface area contributed by atoms with Crippen molar-refractivity contribution >= 4 is 6.03 Å². The summed E-state index contributed by atoms with van der Waals surface area (Å²) in [5, 5.41) is 3.09. The lowest BCUT2D eigenvalue weighted by molar-refractivity contribution is -0.145. The Morgan fingerprint density at radius 3 is 1.84 bits per heavy atom. The fourth-order valence-electron chi connectivity index (χ4n) is 1.81. The normalized spacial score (nSPS) is 11.4. The van der Waals surface area contributed by atoms with Crippen LogP contribution in [0.2, 0.25) is 0 Å². The molecule has 0 bridgehead atoms. The monoisotopic (exact) mass is 282 g/mol. The Hall–Kier alpha value is -0.940. The van der Waals surface area contributed by atoms with Gasteiger partial charge in [0.25, 0.3) is 0 Å². The molecule has 114 valence electrons. The van der Waals surface area contributed by atoms with Crippen molar-refractivity contribution in [3.8, 4) is 0 Å². The molecule has 0 atom stereocenters. The van der Waals surface area contributed by atoms with E-state index >= 15 is 0 Å². The molecule has 0 aromatic carbocycles. The lowest BCUT2D eigenvalue weighted by atomic mass is 10.1. The van der Waals surface area contributed by atoms with Gasteiger partial charge in [0.05, 0.1) is 0 Å². The fourth-order valence-corrected chi connectivity index (χ4v) is 1.81. The molecule has 0 aliphatic rings. The number of alkyl halides is 3. The minimum absolute atomic E-state index is 0.289. The minimum Gasteiger partial charge on any atom is -0.338 e. The van der Waals surface area contributed by atoms with Crippen LogP contribution in [0.1, 0.15) is 64.7 Å².